The number of nitrogen functional groups attached to an aromatic ring is 1. The van der Waals surface area contributed by atoms with Gasteiger partial charge in [0.1, 0.15) is 11.4 Å². The smallest absolute Gasteiger partial charge is 0.341 e. The molecular formula is C27H26N10O3. The summed E-state index contributed by atoms with van der Waals surface area (Å²) in [5, 5.41) is 14.0. The number of pyridine rings is 1. The highest BCUT2D eigenvalue weighted by Crippen LogP contribution is 2.30. The van der Waals surface area contributed by atoms with Crippen molar-refractivity contribution in [2.75, 3.05) is 50.0 Å². The molecule has 0 amide bonds. The number of hydrogen-bond donors (Lipinski definition) is 2. The molecular weight excluding hydrogens is 512 g/mol. The quantitative estimate of drug-likeness (QED) is 0.283. The molecule has 1 aliphatic rings. The van der Waals surface area contributed by atoms with Crippen LogP contribution in [0.1, 0.15) is 0 Å². The predicted octanol–water partition coefficient (Wildman–Crippen LogP) is 2.56. The molecule has 13 nitrogen and oxygen atoms in total. The van der Waals surface area contributed by atoms with Crippen molar-refractivity contribution < 1.29 is 14.6 Å². The van der Waals surface area contributed by atoms with Crippen LogP contribution in [0.5, 0.6) is 5.75 Å². The molecule has 1 aliphatic heterocycles. The minimum atomic E-state index is -1.00. The van der Waals surface area contributed by atoms with Gasteiger partial charge >= 0.3 is 5.97 Å². The maximum atomic E-state index is 10.7. The minimum Gasteiger partial charge on any atom is -0.482 e. The molecule has 4 aromatic heterocycles. The number of carbonyl (C=O) groups is 1. The van der Waals surface area contributed by atoms with Crippen molar-refractivity contribution in [3.05, 3.63) is 66.1 Å². The van der Waals surface area contributed by atoms with Gasteiger partial charge in [0.2, 0.25) is 23.2 Å². The monoisotopic (exact) mass is 538 g/mol. The third-order valence-corrected chi connectivity index (χ3v) is 6.92. The number of hydrogen-bond acceptors (Lipinski definition) is 9. The Labute approximate surface area is 228 Å². The number of carboxylic acid groups (broad SMARTS) is 1. The van der Waals surface area contributed by atoms with Crippen molar-refractivity contribution >= 4 is 40.1 Å². The van der Waals surface area contributed by atoms with Crippen molar-refractivity contribution in [3.63, 3.8) is 0 Å². The molecule has 0 unspecified atom stereocenters. The van der Waals surface area contributed by atoms with Gasteiger partial charge in [0, 0.05) is 44.6 Å². The molecule has 202 valence electrons. The average Bonchev–Trinajstić information content (AvgIpc) is 3.58. The molecule has 0 saturated carbocycles. The lowest BCUT2D eigenvalue weighted by molar-refractivity contribution is -0.139. The van der Waals surface area contributed by atoms with Gasteiger partial charge in [-0.3, -0.25) is 14.5 Å². The van der Waals surface area contributed by atoms with Crippen molar-refractivity contribution in [3.8, 4) is 17.3 Å². The fourth-order valence-electron chi connectivity index (χ4n) is 4.90. The molecule has 1 aromatic carbocycles. The molecule has 6 rings (SSSR count). The van der Waals surface area contributed by atoms with Gasteiger partial charge in [-0.2, -0.15) is 9.50 Å². The minimum absolute atomic E-state index is 0.195. The molecule has 1 fully saturated rings. The van der Waals surface area contributed by atoms with Crippen molar-refractivity contribution in [2.24, 2.45) is 0 Å². The third kappa shape index (κ3) is 4.83. The lowest BCUT2D eigenvalue weighted by Crippen LogP contribution is -2.47. The number of benzene rings is 1. The Kier molecular flexibility index (Phi) is 6.59. The fourth-order valence-corrected chi connectivity index (χ4v) is 4.90. The Bertz CT molecular complexity index is 1720. The Hall–Kier alpha value is -5.22. The first-order valence-electron chi connectivity index (χ1n) is 12.8. The highest BCUT2D eigenvalue weighted by atomic mass is 16.5. The number of rotatable bonds is 8. The largest absolute Gasteiger partial charge is 0.482 e. The van der Waals surface area contributed by atoms with Gasteiger partial charge in [0.05, 0.1) is 11.9 Å². The van der Waals surface area contributed by atoms with Gasteiger partial charge in [-0.05, 0) is 42.5 Å². The van der Waals surface area contributed by atoms with Gasteiger partial charge in [-0.25, -0.2) is 9.78 Å². The Balaban J connectivity index is 1.15. The van der Waals surface area contributed by atoms with Crippen LogP contribution in [0.2, 0.25) is 0 Å². The number of nitrogens with two attached hydrogens (primary N) is 1. The normalized spacial score (nSPS) is 14.0. The fraction of sp³-hybridized carbons (Fsp3) is 0.259. The van der Waals surface area contributed by atoms with Crippen molar-refractivity contribution in [2.45, 2.75) is 6.54 Å². The van der Waals surface area contributed by atoms with Crippen LogP contribution in [0.15, 0.2) is 54.7 Å². The van der Waals surface area contributed by atoms with Crippen LogP contribution in [0.3, 0.4) is 0 Å². The van der Waals surface area contributed by atoms with E-state index in [2.05, 4.69) is 34.7 Å². The summed E-state index contributed by atoms with van der Waals surface area (Å²) < 4.78 is 8.62. The molecule has 0 bridgehead atoms. The van der Waals surface area contributed by atoms with E-state index in [0.29, 0.717) is 40.9 Å². The summed E-state index contributed by atoms with van der Waals surface area (Å²) in [5.74, 6) is 0.642. The summed E-state index contributed by atoms with van der Waals surface area (Å²) in [6.45, 7) is 12.2. The average molecular weight is 539 g/mol. The second kappa shape index (κ2) is 10.5. The number of fused-ring (bicyclic) bond motifs is 3. The zero-order chi connectivity index (χ0) is 27.6. The number of carboxylic acids is 1. The van der Waals surface area contributed by atoms with Gasteiger partial charge in [-0.15, -0.1) is 5.10 Å². The number of nitrogens with zero attached hydrogens (tertiary/aromatic N) is 9. The van der Waals surface area contributed by atoms with E-state index >= 15 is 0 Å². The maximum Gasteiger partial charge on any atom is 0.341 e. The standard InChI is InChI=1S/C27H26N10O3/c1-29-22-16-20-25(32-27(28)37-26(20)31-24(33-37)21-4-2-3-9-30-21)36(22)15-12-34-10-13-35(14-11-34)18-5-7-19(8-6-18)40-17-23(38)39/h2-9,16H,10-15,17H2,(H2,28,32)(H,38,39). The van der Waals surface area contributed by atoms with E-state index in [1.807, 2.05) is 34.9 Å². The van der Waals surface area contributed by atoms with Crippen LogP contribution in [0, 0.1) is 6.57 Å². The van der Waals surface area contributed by atoms with E-state index in [9.17, 15) is 4.79 Å². The van der Waals surface area contributed by atoms with E-state index in [4.69, 9.17) is 22.1 Å². The summed E-state index contributed by atoms with van der Waals surface area (Å²) in [5.41, 5.74) is 9.12. The molecule has 13 heteroatoms. The molecule has 0 atom stereocenters. The summed E-state index contributed by atoms with van der Waals surface area (Å²) in [4.78, 5) is 32.7. The van der Waals surface area contributed by atoms with Gasteiger partial charge in [0.25, 0.3) is 0 Å². The highest BCUT2D eigenvalue weighted by Gasteiger charge is 2.22. The molecule has 5 heterocycles. The van der Waals surface area contributed by atoms with Crippen molar-refractivity contribution in [1.29, 1.82) is 0 Å². The van der Waals surface area contributed by atoms with Crippen LogP contribution in [0.25, 0.3) is 33.0 Å². The zero-order valence-electron chi connectivity index (χ0n) is 21.5. The zero-order valence-corrected chi connectivity index (χ0v) is 21.5. The van der Waals surface area contributed by atoms with E-state index in [1.165, 1.54) is 4.52 Å². The molecule has 3 N–H and O–H groups in total. The summed E-state index contributed by atoms with van der Waals surface area (Å²) in [6.07, 6.45) is 1.68. The molecule has 0 aliphatic carbocycles. The maximum absolute atomic E-state index is 10.7. The number of anilines is 2. The first kappa shape index (κ1) is 25.1. The molecule has 0 radical (unpaired) electrons. The first-order chi connectivity index (χ1) is 19.5. The summed E-state index contributed by atoms with van der Waals surface area (Å²) in [7, 11) is 0. The number of piperazine rings is 1. The molecule has 40 heavy (non-hydrogen) atoms. The Morgan fingerprint density at radius 1 is 1.05 bits per heavy atom. The second-order valence-corrected chi connectivity index (χ2v) is 9.36. The highest BCUT2D eigenvalue weighted by molar-refractivity contribution is 5.94. The van der Waals surface area contributed by atoms with E-state index in [-0.39, 0.29) is 12.6 Å². The first-order valence-corrected chi connectivity index (χ1v) is 12.8. The number of ether oxygens (including phenoxy) is 1. The topological polar surface area (TPSA) is 144 Å². The van der Waals surface area contributed by atoms with E-state index < -0.39 is 5.97 Å². The molecule has 1 saturated heterocycles. The number of aromatic nitrogens is 6. The van der Waals surface area contributed by atoms with Gasteiger partial charge in [0.15, 0.2) is 12.3 Å². The van der Waals surface area contributed by atoms with Crippen LogP contribution in [-0.2, 0) is 11.3 Å². The lowest BCUT2D eigenvalue weighted by atomic mass is 10.2. The Morgan fingerprint density at radius 2 is 1.85 bits per heavy atom. The van der Waals surface area contributed by atoms with Crippen molar-refractivity contribution in [1.82, 2.24) is 34.0 Å². The Morgan fingerprint density at radius 3 is 2.55 bits per heavy atom. The summed E-state index contributed by atoms with van der Waals surface area (Å²) >= 11 is 0. The van der Waals surface area contributed by atoms with Crippen LogP contribution in [0.4, 0.5) is 17.5 Å². The molecule has 0 spiro atoms. The number of aliphatic carboxylic acids is 1. The second-order valence-electron chi connectivity index (χ2n) is 9.36. The van der Waals surface area contributed by atoms with Gasteiger partial charge in [-0.1, -0.05) is 12.6 Å². The van der Waals surface area contributed by atoms with E-state index in [0.717, 1.165) is 43.8 Å². The van der Waals surface area contributed by atoms with Gasteiger partial charge < -0.3 is 25.3 Å². The third-order valence-electron chi connectivity index (χ3n) is 6.92. The predicted molar refractivity (Wildman–Crippen MR) is 148 cm³/mol. The van der Waals surface area contributed by atoms with Crippen LogP contribution >= 0.6 is 0 Å². The van der Waals surface area contributed by atoms with Crippen LogP contribution < -0.4 is 15.4 Å². The molecule has 5 aromatic rings. The summed E-state index contributed by atoms with van der Waals surface area (Å²) in [6, 6.07) is 14.8. The lowest BCUT2D eigenvalue weighted by Gasteiger charge is -2.36. The van der Waals surface area contributed by atoms with E-state index in [1.54, 1.807) is 24.4 Å². The van der Waals surface area contributed by atoms with Crippen LogP contribution in [-0.4, -0.2) is 84.4 Å². The SMILES string of the molecule is [C-]#[N+]c1cc2c(nc(N)n3nc(-c4ccccn4)nc23)n1CCN1CCN(c2ccc(OCC(=O)O)cc2)CC1.